The molecule has 2 aromatic rings. The standard InChI is InChI=1S/C16H18FN5O3/c1-24-16-20-13(19-15(21-16)22-6-8-25-9-7-22)10-18-14(23)11-4-2-3-5-12(11)17/h2-5H,6-10H2,1H3,(H,18,23). The van der Waals surface area contributed by atoms with Crippen molar-refractivity contribution >= 4 is 11.9 Å². The van der Waals surface area contributed by atoms with E-state index in [1.54, 1.807) is 6.07 Å². The zero-order valence-electron chi connectivity index (χ0n) is 13.7. The van der Waals surface area contributed by atoms with Gasteiger partial charge in [-0.3, -0.25) is 4.79 Å². The van der Waals surface area contributed by atoms with Gasteiger partial charge in [-0.05, 0) is 12.1 Å². The maximum atomic E-state index is 13.7. The van der Waals surface area contributed by atoms with Gasteiger partial charge in [-0.15, -0.1) is 0 Å². The Hall–Kier alpha value is -2.81. The number of nitrogens with zero attached hydrogens (tertiary/aromatic N) is 4. The number of hydrogen-bond acceptors (Lipinski definition) is 7. The number of benzene rings is 1. The zero-order valence-corrected chi connectivity index (χ0v) is 13.7. The first-order valence-electron chi connectivity index (χ1n) is 7.81. The highest BCUT2D eigenvalue weighted by molar-refractivity contribution is 5.94. The van der Waals surface area contributed by atoms with Crippen molar-refractivity contribution in [1.29, 1.82) is 0 Å². The molecule has 1 N–H and O–H groups in total. The van der Waals surface area contributed by atoms with Crippen LogP contribution in [0.5, 0.6) is 6.01 Å². The summed E-state index contributed by atoms with van der Waals surface area (Å²) in [6.07, 6.45) is 0. The average molecular weight is 347 g/mol. The first-order valence-corrected chi connectivity index (χ1v) is 7.81. The first kappa shape index (κ1) is 17.0. The van der Waals surface area contributed by atoms with Crippen LogP contribution in [0.3, 0.4) is 0 Å². The van der Waals surface area contributed by atoms with Crippen LogP contribution < -0.4 is 15.0 Å². The van der Waals surface area contributed by atoms with Crippen LogP contribution in [0.15, 0.2) is 24.3 Å². The second-order valence-electron chi connectivity index (χ2n) is 5.30. The van der Waals surface area contributed by atoms with Gasteiger partial charge in [0, 0.05) is 13.1 Å². The Morgan fingerprint density at radius 1 is 1.28 bits per heavy atom. The SMILES string of the molecule is COc1nc(CNC(=O)c2ccccc2F)nc(N2CCOCC2)n1. The number of rotatable bonds is 5. The van der Waals surface area contributed by atoms with Crippen molar-refractivity contribution in [2.24, 2.45) is 0 Å². The summed E-state index contributed by atoms with van der Waals surface area (Å²) in [6.45, 7) is 2.53. The number of carbonyl (C=O) groups is 1. The molecule has 25 heavy (non-hydrogen) atoms. The number of morpholine rings is 1. The predicted molar refractivity (Wildman–Crippen MR) is 87.0 cm³/mol. The van der Waals surface area contributed by atoms with E-state index in [2.05, 4.69) is 20.3 Å². The molecule has 0 atom stereocenters. The van der Waals surface area contributed by atoms with Gasteiger partial charge < -0.3 is 19.7 Å². The summed E-state index contributed by atoms with van der Waals surface area (Å²) in [7, 11) is 1.46. The van der Waals surface area contributed by atoms with Gasteiger partial charge in [0.15, 0.2) is 5.82 Å². The van der Waals surface area contributed by atoms with Crippen molar-refractivity contribution in [3.05, 3.63) is 41.5 Å². The average Bonchev–Trinajstić information content (AvgIpc) is 2.67. The van der Waals surface area contributed by atoms with Gasteiger partial charge in [-0.25, -0.2) is 4.39 Å². The van der Waals surface area contributed by atoms with Crippen LogP contribution >= 0.6 is 0 Å². The summed E-state index contributed by atoms with van der Waals surface area (Å²) in [5.74, 6) is -0.323. The lowest BCUT2D eigenvalue weighted by molar-refractivity contribution is 0.0945. The molecule has 0 radical (unpaired) electrons. The summed E-state index contributed by atoms with van der Waals surface area (Å²) in [5, 5.41) is 2.61. The van der Waals surface area contributed by atoms with Crippen LogP contribution in [0.2, 0.25) is 0 Å². The van der Waals surface area contributed by atoms with Crippen LogP contribution in [0.4, 0.5) is 10.3 Å². The molecule has 1 aliphatic heterocycles. The van der Waals surface area contributed by atoms with E-state index in [0.717, 1.165) is 0 Å². The maximum Gasteiger partial charge on any atom is 0.321 e. The molecule has 0 unspecified atom stereocenters. The van der Waals surface area contributed by atoms with Gasteiger partial charge in [-0.2, -0.15) is 15.0 Å². The molecule has 0 saturated carbocycles. The number of hydrogen-bond donors (Lipinski definition) is 1. The lowest BCUT2D eigenvalue weighted by Crippen LogP contribution is -2.37. The molecule has 2 heterocycles. The lowest BCUT2D eigenvalue weighted by Gasteiger charge is -2.26. The second kappa shape index (κ2) is 7.84. The molecule has 0 spiro atoms. The molecule has 1 saturated heterocycles. The highest BCUT2D eigenvalue weighted by Gasteiger charge is 2.17. The Morgan fingerprint density at radius 2 is 2.04 bits per heavy atom. The van der Waals surface area contributed by atoms with Crippen LogP contribution in [0, 0.1) is 5.82 Å². The van der Waals surface area contributed by atoms with E-state index in [0.29, 0.717) is 38.1 Å². The Kier molecular flexibility index (Phi) is 5.34. The lowest BCUT2D eigenvalue weighted by atomic mass is 10.2. The van der Waals surface area contributed by atoms with E-state index >= 15 is 0 Å². The molecule has 1 fully saturated rings. The highest BCUT2D eigenvalue weighted by Crippen LogP contribution is 2.14. The molecule has 132 valence electrons. The fourth-order valence-electron chi connectivity index (χ4n) is 2.36. The summed E-state index contributed by atoms with van der Waals surface area (Å²) < 4.78 is 24.1. The molecule has 1 aromatic carbocycles. The summed E-state index contributed by atoms with van der Waals surface area (Å²) in [6, 6.07) is 5.93. The number of halogens is 1. The Morgan fingerprint density at radius 3 is 2.76 bits per heavy atom. The van der Waals surface area contributed by atoms with E-state index in [-0.39, 0.29) is 18.1 Å². The summed E-state index contributed by atoms with van der Waals surface area (Å²) >= 11 is 0. The second-order valence-corrected chi connectivity index (χ2v) is 5.30. The normalized spacial score (nSPS) is 14.2. The van der Waals surface area contributed by atoms with Gasteiger partial charge in [0.1, 0.15) is 5.82 Å². The molecule has 0 bridgehead atoms. The number of aromatic nitrogens is 3. The molecule has 9 heteroatoms. The molecule has 0 aliphatic carbocycles. The van der Waals surface area contributed by atoms with E-state index in [1.165, 1.54) is 25.3 Å². The molecule has 8 nitrogen and oxygen atoms in total. The molecular formula is C16H18FN5O3. The van der Waals surface area contributed by atoms with Crippen LogP contribution in [-0.4, -0.2) is 54.3 Å². The molecule has 1 amide bonds. The number of methoxy groups -OCH3 is 1. The summed E-state index contributed by atoms with van der Waals surface area (Å²) in [5.41, 5.74) is -0.0306. The van der Waals surface area contributed by atoms with Crippen LogP contribution in [0.1, 0.15) is 16.2 Å². The Bertz CT molecular complexity index is 752. The van der Waals surface area contributed by atoms with E-state index < -0.39 is 11.7 Å². The quantitative estimate of drug-likeness (QED) is 0.855. The van der Waals surface area contributed by atoms with Crippen molar-refractivity contribution in [1.82, 2.24) is 20.3 Å². The van der Waals surface area contributed by atoms with Crippen LogP contribution in [-0.2, 0) is 11.3 Å². The van der Waals surface area contributed by atoms with Gasteiger partial charge >= 0.3 is 6.01 Å². The van der Waals surface area contributed by atoms with Crippen molar-refractivity contribution in [2.45, 2.75) is 6.54 Å². The number of carbonyl (C=O) groups excluding carboxylic acids is 1. The fraction of sp³-hybridized carbons (Fsp3) is 0.375. The fourth-order valence-corrected chi connectivity index (χ4v) is 2.36. The molecule has 3 rings (SSSR count). The van der Waals surface area contributed by atoms with Crippen molar-refractivity contribution < 1.29 is 18.7 Å². The molecule has 1 aromatic heterocycles. The first-order chi connectivity index (χ1) is 12.2. The number of ether oxygens (including phenoxy) is 2. The minimum atomic E-state index is -0.581. The smallest absolute Gasteiger partial charge is 0.321 e. The predicted octanol–water partition coefficient (Wildman–Crippen LogP) is 0.786. The van der Waals surface area contributed by atoms with E-state index in [1.807, 2.05) is 4.90 Å². The van der Waals surface area contributed by atoms with Crippen molar-refractivity contribution in [3.8, 4) is 6.01 Å². The largest absolute Gasteiger partial charge is 0.467 e. The minimum Gasteiger partial charge on any atom is -0.467 e. The third kappa shape index (κ3) is 4.18. The van der Waals surface area contributed by atoms with Gasteiger partial charge in [0.05, 0.1) is 32.4 Å². The molecular weight excluding hydrogens is 329 g/mol. The topological polar surface area (TPSA) is 89.5 Å². The van der Waals surface area contributed by atoms with Crippen LogP contribution in [0.25, 0.3) is 0 Å². The Labute approximate surface area is 144 Å². The number of anilines is 1. The molecule has 1 aliphatic rings. The van der Waals surface area contributed by atoms with Crippen molar-refractivity contribution in [3.63, 3.8) is 0 Å². The van der Waals surface area contributed by atoms with E-state index in [4.69, 9.17) is 9.47 Å². The zero-order chi connectivity index (χ0) is 17.6. The summed E-state index contributed by atoms with van der Waals surface area (Å²) in [4.78, 5) is 26.8. The van der Waals surface area contributed by atoms with Gasteiger partial charge in [0.2, 0.25) is 5.95 Å². The van der Waals surface area contributed by atoms with E-state index in [9.17, 15) is 9.18 Å². The van der Waals surface area contributed by atoms with Crippen molar-refractivity contribution in [2.75, 3.05) is 38.3 Å². The van der Waals surface area contributed by atoms with Gasteiger partial charge in [0.25, 0.3) is 5.91 Å². The monoisotopic (exact) mass is 347 g/mol. The van der Waals surface area contributed by atoms with Gasteiger partial charge in [-0.1, -0.05) is 12.1 Å². The Balaban J connectivity index is 1.73. The maximum absolute atomic E-state index is 13.7. The highest BCUT2D eigenvalue weighted by atomic mass is 19.1. The third-order valence-corrected chi connectivity index (χ3v) is 3.65. The number of nitrogens with one attached hydrogen (secondary N) is 1. The number of amides is 1. The third-order valence-electron chi connectivity index (χ3n) is 3.65. The minimum absolute atomic E-state index is 0.0306.